The van der Waals surface area contributed by atoms with E-state index in [1.807, 2.05) is 0 Å². The molecule has 0 spiro atoms. The molecule has 0 saturated heterocycles. The lowest BCUT2D eigenvalue weighted by atomic mass is 9.96. The molecule has 2 atom stereocenters. The summed E-state index contributed by atoms with van der Waals surface area (Å²) in [4.78, 5) is 0. The van der Waals surface area contributed by atoms with Crippen molar-refractivity contribution in [3.63, 3.8) is 0 Å². The lowest BCUT2D eigenvalue weighted by molar-refractivity contribution is 0.141. The van der Waals surface area contributed by atoms with E-state index in [1.54, 1.807) is 6.92 Å². The molecule has 16 heavy (non-hydrogen) atoms. The van der Waals surface area contributed by atoms with Crippen molar-refractivity contribution in [1.29, 1.82) is 0 Å². The number of allylic oxidation sites excluding steroid dienone is 5. The largest absolute Gasteiger partial charge is 0.463 e. The molecule has 1 aliphatic rings. The average molecular weight is 236 g/mol. The maximum Gasteiger partial charge on any atom is 0.200 e. The summed E-state index contributed by atoms with van der Waals surface area (Å²) in [6.45, 7) is 2.98. The van der Waals surface area contributed by atoms with Crippen LogP contribution < -0.4 is 0 Å². The summed E-state index contributed by atoms with van der Waals surface area (Å²) in [7, 11) is 0. The number of hydrogen-bond donors (Lipinski definition) is 0. The van der Waals surface area contributed by atoms with Gasteiger partial charge < -0.3 is 4.74 Å². The number of halogens is 4. The Kier molecular flexibility index (Phi) is 4.15. The second-order valence-corrected chi connectivity index (χ2v) is 3.26. The van der Waals surface area contributed by atoms with Gasteiger partial charge in [0.05, 0.1) is 6.26 Å². The molecule has 0 aromatic heterocycles. The molecule has 0 aromatic rings. The van der Waals surface area contributed by atoms with Crippen molar-refractivity contribution in [3.8, 4) is 0 Å². The molecule has 2 unspecified atom stereocenters. The van der Waals surface area contributed by atoms with Gasteiger partial charge in [-0.2, -0.15) is 4.39 Å². The van der Waals surface area contributed by atoms with Crippen LogP contribution in [0, 0.1) is 0 Å². The van der Waals surface area contributed by atoms with Crippen LogP contribution in [0.4, 0.5) is 17.6 Å². The molecule has 0 N–H and O–H groups in total. The van der Waals surface area contributed by atoms with E-state index < -0.39 is 35.3 Å². The second-order valence-electron chi connectivity index (χ2n) is 3.26. The Balaban J connectivity index is 3.14. The van der Waals surface area contributed by atoms with Crippen LogP contribution >= 0.6 is 0 Å². The van der Waals surface area contributed by atoms with Crippen molar-refractivity contribution >= 4 is 0 Å². The maximum absolute atomic E-state index is 13.4. The quantitative estimate of drug-likeness (QED) is 0.530. The first-order valence-electron chi connectivity index (χ1n) is 4.89. The van der Waals surface area contributed by atoms with E-state index in [0.717, 1.165) is 6.26 Å². The van der Waals surface area contributed by atoms with E-state index in [4.69, 9.17) is 0 Å². The average Bonchev–Trinajstić information content (AvgIpc) is 2.27. The Morgan fingerprint density at radius 3 is 2.31 bits per heavy atom. The fourth-order valence-corrected chi connectivity index (χ4v) is 1.41. The highest BCUT2D eigenvalue weighted by molar-refractivity contribution is 5.38. The van der Waals surface area contributed by atoms with Crippen LogP contribution in [0.3, 0.4) is 0 Å². The molecule has 5 heteroatoms. The van der Waals surface area contributed by atoms with Gasteiger partial charge in [0.15, 0.2) is 29.8 Å². The monoisotopic (exact) mass is 236 g/mol. The van der Waals surface area contributed by atoms with Crippen LogP contribution in [-0.2, 0) is 4.74 Å². The van der Waals surface area contributed by atoms with Gasteiger partial charge in [0.25, 0.3) is 0 Å². The third kappa shape index (κ3) is 2.13. The Morgan fingerprint density at radius 1 is 1.19 bits per heavy atom. The van der Waals surface area contributed by atoms with Crippen LogP contribution in [-0.4, -0.2) is 12.3 Å². The van der Waals surface area contributed by atoms with Crippen LogP contribution in [0.2, 0.25) is 0 Å². The molecule has 90 valence electrons. The first-order chi connectivity index (χ1) is 7.54. The molecular weight excluding hydrogens is 224 g/mol. The van der Waals surface area contributed by atoms with Crippen molar-refractivity contribution in [2.24, 2.45) is 0 Å². The highest BCUT2D eigenvalue weighted by Crippen LogP contribution is 2.37. The maximum atomic E-state index is 13.4. The lowest BCUT2D eigenvalue weighted by Crippen LogP contribution is -2.28. The number of hydrogen-bond acceptors (Lipinski definition) is 1. The molecule has 1 rings (SSSR count). The molecular formula is C11H12F4O. The molecule has 0 saturated carbocycles. The standard InChI is InChI=1S/C11H12F4O/c1-3-5-16-11-9(14)7(12)6(4-2)8(13)10(11)15/h3,5,7,9H,4H2,1-2H3. The summed E-state index contributed by atoms with van der Waals surface area (Å²) in [5, 5.41) is 0. The van der Waals surface area contributed by atoms with Crippen LogP contribution in [0.1, 0.15) is 20.3 Å². The fraction of sp³-hybridized carbons (Fsp3) is 0.455. The van der Waals surface area contributed by atoms with Crippen LogP contribution in [0.5, 0.6) is 0 Å². The molecule has 1 aliphatic carbocycles. The van der Waals surface area contributed by atoms with Crippen LogP contribution in [0.15, 0.2) is 35.3 Å². The summed E-state index contributed by atoms with van der Waals surface area (Å²) in [5.41, 5.74) is -0.502. The zero-order chi connectivity index (χ0) is 12.3. The van der Waals surface area contributed by atoms with Gasteiger partial charge in [-0.05, 0) is 13.3 Å². The topological polar surface area (TPSA) is 9.23 Å². The van der Waals surface area contributed by atoms with Gasteiger partial charge in [-0.1, -0.05) is 13.0 Å². The molecule has 0 aromatic carbocycles. The highest BCUT2D eigenvalue weighted by atomic mass is 19.2. The van der Waals surface area contributed by atoms with Gasteiger partial charge in [-0.15, -0.1) is 0 Å². The van der Waals surface area contributed by atoms with Crippen molar-refractivity contribution in [1.82, 2.24) is 0 Å². The molecule has 0 aliphatic heterocycles. The Morgan fingerprint density at radius 2 is 1.81 bits per heavy atom. The Bertz CT molecular complexity index is 357. The lowest BCUT2D eigenvalue weighted by Gasteiger charge is -2.23. The summed E-state index contributed by atoms with van der Waals surface area (Å²) >= 11 is 0. The van der Waals surface area contributed by atoms with E-state index >= 15 is 0 Å². The minimum atomic E-state index is -2.30. The first-order valence-corrected chi connectivity index (χ1v) is 4.89. The molecule has 0 fully saturated rings. The minimum Gasteiger partial charge on any atom is -0.463 e. The van der Waals surface area contributed by atoms with Crippen molar-refractivity contribution in [3.05, 3.63) is 35.3 Å². The van der Waals surface area contributed by atoms with Crippen molar-refractivity contribution in [2.45, 2.75) is 32.6 Å². The first kappa shape index (κ1) is 12.8. The van der Waals surface area contributed by atoms with Gasteiger partial charge in [0.2, 0.25) is 0 Å². The molecule has 0 heterocycles. The number of rotatable bonds is 3. The van der Waals surface area contributed by atoms with Gasteiger partial charge in [-0.3, -0.25) is 0 Å². The second kappa shape index (κ2) is 5.18. The van der Waals surface area contributed by atoms with E-state index in [2.05, 4.69) is 4.74 Å². The summed E-state index contributed by atoms with van der Waals surface area (Å²) in [6, 6.07) is 0. The van der Waals surface area contributed by atoms with E-state index in [0.29, 0.717) is 0 Å². The number of ether oxygens (including phenoxy) is 1. The zero-order valence-electron chi connectivity index (χ0n) is 8.94. The summed E-state index contributed by atoms with van der Waals surface area (Å²) in [6.07, 6.45) is -2.25. The molecule has 1 nitrogen and oxygen atoms in total. The summed E-state index contributed by atoms with van der Waals surface area (Å²) < 4.78 is 57.9. The smallest absolute Gasteiger partial charge is 0.200 e. The van der Waals surface area contributed by atoms with E-state index in [-0.39, 0.29) is 6.42 Å². The highest BCUT2D eigenvalue weighted by Gasteiger charge is 2.39. The minimum absolute atomic E-state index is 0.0856. The van der Waals surface area contributed by atoms with Gasteiger partial charge in [0, 0.05) is 5.57 Å². The zero-order valence-corrected chi connectivity index (χ0v) is 8.94. The van der Waals surface area contributed by atoms with Gasteiger partial charge >= 0.3 is 0 Å². The van der Waals surface area contributed by atoms with Crippen molar-refractivity contribution < 1.29 is 22.3 Å². The molecule has 0 radical (unpaired) electrons. The third-order valence-corrected chi connectivity index (χ3v) is 2.24. The SMILES string of the molecule is CC=COC1=C(F)C(F)=C(CC)C(F)C1F. The molecule has 0 bridgehead atoms. The summed E-state index contributed by atoms with van der Waals surface area (Å²) in [5.74, 6) is -3.76. The Hall–Kier alpha value is -1.26. The van der Waals surface area contributed by atoms with E-state index in [1.165, 1.54) is 13.0 Å². The van der Waals surface area contributed by atoms with E-state index in [9.17, 15) is 17.6 Å². The predicted octanol–water partition coefficient (Wildman–Crippen LogP) is 4.04. The van der Waals surface area contributed by atoms with Crippen LogP contribution in [0.25, 0.3) is 0 Å². The van der Waals surface area contributed by atoms with Gasteiger partial charge in [-0.25, -0.2) is 13.2 Å². The molecule has 0 amide bonds. The Labute approximate surface area is 91.1 Å². The predicted molar refractivity (Wildman–Crippen MR) is 52.3 cm³/mol. The number of alkyl halides is 2. The third-order valence-electron chi connectivity index (χ3n) is 2.24. The van der Waals surface area contributed by atoms with Gasteiger partial charge in [0.1, 0.15) is 0 Å². The normalized spacial score (nSPS) is 26.9. The fourth-order valence-electron chi connectivity index (χ4n) is 1.41. The van der Waals surface area contributed by atoms with Crippen molar-refractivity contribution in [2.75, 3.05) is 0 Å².